The van der Waals surface area contributed by atoms with Crippen molar-refractivity contribution in [2.75, 3.05) is 0 Å². The van der Waals surface area contributed by atoms with E-state index in [4.69, 9.17) is 0 Å². The van der Waals surface area contributed by atoms with Crippen LogP contribution >= 0.6 is 0 Å². The van der Waals surface area contributed by atoms with Crippen LogP contribution in [0.3, 0.4) is 0 Å². The maximum absolute atomic E-state index is 3.28. The van der Waals surface area contributed by atoms with Gasteiger partial charge in [0.05, 0.1) is 11.1 Å². The van der Waals surface area contributed by atoms with Crippen LogP contribution in [0.1, 0.15) is 44.5 Å². The average Bonchev–Trinajstić information content (AvgIpc) is 3.33. The summed E-state index contributed by atoms with van der Waals surface area (Å²) in [5.41, 5.74) is 9.74. The van der Waals surface area contributed by atoms with Crippen molar-refractivity contribution in [3.05, 3.63) is 106 Å². The van der Waals surface area contributed by atoms with Gasteiger partial charge in [0.2, 0.25) is 12.7 Å². The molecule has 2 aromatic heterocycles. The molecule has 0 aliphatic heterocycles. The highest BCUT2D eigenvalue weighted by Gasteiger charge is 2.51. The first kappa shape index (κ1) is 19.2. The van der Waals surface area contributed by atoms with E-state index in [2.05, 4.69) is 110 Å². The Kier molecular flexibility index (Phi) is 4.65. The normalized spacial score (nSPS) is 11.8. The lowest BCUT2D eigenvalue weighted by molar-refractivity contribution is -0.971. The van der Waals surface area contributed by atoms with Crippen molar-refractivity contribution in [3.8, 4) is 0 Å². The van der Waals surface area contributed by atoms with Crippen molar-refractivity contribution in [3.63, 3.8) is 0 Å². The number of aromatic amines is 2. The van der Waals surface area contributed by atoms with Gasteiger partial charge < -0.3 is 0 Å². The Labute approximate surface area is 172 Å². The zero-order valence-electron chi connectivity index (χ0n) is 18.2. The fourth-order valence-corrected chi connectivity index (χ4v) is 5.22. The number of nitrogens with zero attached hydrogens (tertiary/aromatic N) is 2. The van der Waals surface area contributed by atoms with Crippen LogP contribution in [-0.4, -0.2) is 9.97 Å². The molecule has 0 amide bonds. The molecule has 0 spiro atoms. The van der Waals surface area contributed by atoms with Crippen molar-refractivity contribution in [1.82, 2.24) is 9.97 Å². The maximum atomic E-state index is 3.28. The second-order valence-electron chi connectivity index (χ2n) is 8.26. The van der Waals surface area contributed by atoms with E-state index in [9.17, 15) is 0 Å². The molecule has 4 aromatic rings. The van der Waals surface area contributed by atoms with Gasteiger partial charge in [0.15, 0.2) is 0 Å². The molecule has 148 valence electrons. The summed E-state index contributed by atoms with van der Waals surface area (Å²) in [5, 5.41) is 0. The highest BCUT2D eigenvalue weighted by Crippen LogP contribution is 2.36. The van der Waals surface area contributed by atoms with Crippen LogP contribution < -0.4 is 9.13 Å². The predicted molar refractivity (Wildman–Crippen MR) is 115 cm³/mol. The Morgan fingerprint density at radius 1 is 0.586 bits per heavy atom. The van der Waals surface area contributed by atoms with Crippen molar-refractivity contribution < 1.29 is 9.13 Å². The summed E-state index contributed by atoms with van der Waals surface area (Å²) in [6.07, 6.45) is 12.3. The number of hydrogen-bond acceptors (Lipinski definition) is 0. The molecule has 4 heteroatoms. The summed E-state index contributed by atoms with van der Waals surface area (Å²) < 4.78 is 4.58. The number of H-pyrrole nitrogens is 2. The van der Waals surface area contributed by atoms with Crippen LogP contribution in [0.5, 0.6) is 0 Å². The second kappa shape index (κ2) is 7.03. The van der Waals surface area contributed by atoms with Gasteiger partial charge in [0.25, 0.3) is 0 Å². The van der Waals surface area contributed by atoms with Gasteiger partial charge >= 0.3 is 5.66 Å². The van der Waals surface area contributed by atoms with Gasteiger partial charge in [0, 0.05) is 0 Å². The van der Waals surface area contributed by atoms with E-state index in [1.54, 1.807) is 0 Å². The van der Waals surface area contributed by atoms with E-state index in [1.807, 2.05) is 12.4 Å². The molecule has 2 heterocycles. The molecule has 0 saturated heterocycles. The molecule has 0 fully saturated rings. The van der Waals surface area contributed by atoms with Crippen LogP contribution in [-0.2, 0) is 5.66 Å². The van der Waals surface area contributed by atoms with Crippen LogP contribution in [0.25, 0.3) is 0 Å². The third kappa shape index (κ3) is 2.91. The Morgan fingerprint density at radius 2 is 0.931 bits per heavy atom. The molecular weight excluding hydrogens is 356 g/mol. The molecule has 0 aliphatic carbocycles. The average molecular weight is 387 g/mol. The number of aryl methyl sites for hydroxylation is 6. The molecule has 0 bridgehead atoms. The number of aromatic nitrogens is 4. The van der Waals surface area contributed by atoms with Crippen LogP contribution in [0.15, 0.2) is 61.7 Å². The van der Waals surface area contributed by atoms with Crippen molar-refractivity contribution in [2.24, 2.45) is 0 Å². The van der Waals surface area contributed by atoms with Gasteiger partial charge in [0.1, 0.15) is 24.8 Å². The zero-order valence-corrected chi connectivity index (χ0v) is 18.2. The fraction of sp³-hybridized carbons (Fsp3) is 0.280. The summed E-state index contributed by atoms with van der Waals surface area (Å²) >= 11 is 0. The van der Waals surface area contributed by atoms with Crippen molar-refractivity contribution >= 4 is 0 Å². The number of benzene rings is 2. The van der Waals surface area contributed by atoms with Gasteiger partial charge in [-0.25, -0.2) is 0 Å². The van der Waals surface area contributed by atoms with Crippen LogP contribution in [0.2, 0.25) is 0 Å². The smallest absolute Gasteiger partial charge is 0.250 e. The van der Waals surface area contributed by atoms with Crippen molar-refractivity contribution in [2.45, 2.75) is 47.2 Å². The van der Waals surface area contributed by atoms with Crippen LogP contribution in [0.4, 0.5) is 0 Å². The van der Waals surface area contributed by atoms with Gasteiger partial charge in [-0.2, -0.15) is 9.13 Å². The van der Waals surface area contributed by atoms with Crippen molar-refractivity contribution in [1.29, 1.82) is 0 Å². The van der Waals surface area contributed by atoms with E-state index in [-0.39, 0.29) is 0 Å². The summed E-state index contributed by atoms with van der Waals surface area (Å²) in [4.78, 5) is 6.55. The van der Waals surface area contributed by atoms with Gasteiger partial charge in [-0.1, -0.05) is 35.4 Å². The summed E-state index contributed by atoms with van der Waals surface area (Å²) in [7, 11) is 0. The Morgan fingerprint density at radius 3 is 1.21 bits per heavy atom. The highest BCUT2D eigenvalue weighted by atomic mass is 15.3. The standard InChI is InChI=1S/C25H28N4/c1-17-11-19(3)23(20(4)12-17)25(28-9-7-26-15-28,29-10-8-27-16-29)24-21(5)13-18(2)14-22(24)6/h7-16H,1-6H3/p+2. The summed E-state index contributed by atoms with van der Waals surface area (Å²) in [6.45, 7) is 13.2. The SMILES string of the molecule is Cc1cc(C)c(C(c2c(C)cc(C)cc2C)([n+]2cc[nH]c2)[n+]2cc[nH]c2)c(C)c1. The molecule has 2 aromatic carbocycles. The molecule has 0 radical (unpaired) electrons. The molecule has 0 atom stereocenters. The highest BCUT2D eigenvalue weighted by molar-refractivity contribution is 5.50. The molecule has 4 rings (SSSR count). The molecule has 2 N–H and O–H groups in total. The largest absolute Gasteiger partial charge is 0.306 e. The number of imidazole rings is 2. The summed E-state index contributed by atoms with van der Waals surface area (Å²) in [6, 6.07) is 9.15. The fourth-order valence-electron chi connectivity index (χ4n) is 5.22. The molecule has 0 aliphatic rings. The topological polar surface area (TPSA) is 39.3 Å². The Balaban J connectivity index is 2.26. The Hall–Kier alpha value is -3.14. The lowest BCUT2D eigenvalue weighted by Crippen LogP contribution is -2.74. The van der Waals surface area contributed by atoms with E-state index < -0.39 is 5.66 Å². The lowest BCUT2D eigenvalue weighted by atomic mass is 9.79. The van der Waals surface area contributed by atoms with E-state index in [0.29, 0.717) is 0 Å². The minimum atomic E-state index is -0.552. The third-order valence-electron chi connectivity index (χ3n) is 5.89. The molecular formula is C25H30N4+2. The van der Waals surface area contributed by atoms with Gasteiger partial charge in [-0.3, -0.25) is 9.97 Å². The van der Waals surface area contributed by atoms with E-state index in [0.717, 1.165) is 0 Å². The number of rotatable bonds is 4. The lowest BCUT2D eigenvalue weighted by Gasteiger charge is -2.33. The van der Waals surface area contributed by atoms with Crippen LogP contribution in [0, 0.1) is 41.5 Å². The quantitative estimate of drug-likeness (QED) is 0.497. The van der Waals surface area contributed by atoms with E-state index >= 15 is 0 Å². The zero-order chi connectivity index (χ0) is 20.8. The number of nitrogens with one attached hydrogen (secondary N) is 2. The number of hydrogen-bond donors (Lipinski definition) is 2. The molecule has 4 nitrogen and oxygen atoms in total. The minimum Gasteiger partial charge on any atom is -0.250 e. The minimum absolute atomic E-state index is 0.552. The Bertz CT molecular complexity index is 1010. The first-order valence-electron chi connectivity index (χ1n) is 10.1. The maximum Gasteiger partial charge on any atom is 0.306 e. The first-order chi connectivity index (χ1) is 13.9. The monoisotopic (exact) mass is 386 g/mol. The van der Waals surface area contributed by atoms with Gasteiger partial charge in [-0.05, 0) is 63.8 Å². The molecule has 0 unspecified atom stereocenters. The second-order valence-corrected chi connectivity index (χ2v) is 8.26. The first-order valence-corrected chi connectivity index (χ1v) is 10.1. The molecule has 0 saturated carbocycles. The molecule has 29 heavy (non-hydrogen) atoms. The van der Waals surface area contributed by atoms with Gasteiger partial charge in [-0.15, -0.1) is 0 Å². The third-order valence-corrected chi connectivity index (χ3v) is 5.89. The van der Waals surface area contributed by atoms with E-state index in [1.165, 1.54) is 44.5 Å². The summed E-state index contributed by atoms with van der Waals surface area (Å²) in [5.74, 6) is 0. The predicted octanol–water partition coefficient (Wildman–Crippen LogP) is 4.07.